The molecule has 0 radical (unpaired) electrons. The van der Waals surface area contributed by atoms with Crippen molar-refractivity contribution in [3.8, 4) is 0 Å². The summed E-state index contributed by atoms with van der Waals surface area (Å²) in [6, 6.07) is 8.66. The fourth-order valence-corrected chi connectivity index (χ4v) is 4.21. The standard InChI is InChI=1S/C21H20FN5O2S/c1-11-8-18-24-16(10-19(28)27(18)26-11)9-17(14-4-6-15(22)7-5-14)25-21(29)20-12(2)23-13(3)30-20/h4-8,10,17,26H,9H2,1-3H3,(H,25,29)/t17-/m0/s1. The predicted octanol–water partition coefficient (Wildman–Crippen LogP) is 3.26. The number of aromatic nitrogens is 4. The van der Waals surface area contributed by atoms with E-state index in [4.69, 9.17) is 0 Å². The molecule has 0 aliphatic rings. The summed E-state index contributed by atoms with van der Waals surface area (Å²) in [7, 11) is 0. The molecule has 2 N–H and O–H groups in total. The number of nitrogens with zero attached hydrogens (tertiary/aromatic N) is 3. The molecule has 154 valence electrons. The molecule has 0 bridgehead atoms. The number of thiazole rings is 1. The van der Waals surface area contributed by atoms with Gasteiger partial charge in [0.05, 0.1) is 22.4 Å². The summed E-state index contributed by atoms with van der Waals surface area (Å²) in [4.78, 5) is 34.7. The third-order valence-corrected chi connectivity index (χ3v) is 5.80. The molecule has 0 saturated heterocycles. The molecule has 4 aromatic rings. The van der Waals surface area contributed by atoms with Gasteiger partial charge in [-0.3, -0.25) is 14.7 Å². The van der Waals surface area contributed by atoms with Crippen LogP contribution in [0.15, 0.2) is 41.2 Å². The number of halogens is 1. The number of aromatic amines is 1. The highest BCUT2D eigenvalue weighted by atomic mass is 32.1. The molecule has 1 amide bonds. The number of carbonyl (C=O) groups is 1. The van der Waals surface area contributed by atoms with E-state index in [9.17, 15) is 14.0 Å². The highest BCUT2D eigenvalue weighted by molar-refractivity contribution is 7.13. The van der Waals surface area contributed by atoms with Crippen LogP contribution in [-0.2, 0) is 6.42 Å². The van der Waals surface area contributed by atoms with Crippen molar-refractivity contribution in [1.82, 2.24) is 24.9 Å². The molecular weight excluding hydrogens is 405 g/mol. The van der Waals surface area contributed by atoms with E-state index in [1.54, 1.807) is 25.1 Å². The molecule has 0 fully saturated rings. The molecule has 0 saturated carbocycles. The molecule has 7 nitrogen and oxygen atoms in total. The Morgan fingerprint density at radius 1 is 1.20 bits per heavy atom. The van der Waals surface area contributed by atoms with Gasteiger partial charge in [-0.05, 0) is 38.5 Å². The van der Waals surface area contributed by atoms with Crippen molar-refractivity contribution in [2.75, 3.05) is 0 Å². The van der Waals surface area contributed by atoms with Crippen LogP contribution in [0.5, 0.6) is 0 Å². The Bertz CT molecular complexity index is 1290. The second-order valence-corrected chi connectivity index (χ2v) is 8.35. The Balaban J connectivity index is 1.68. The van der Waals surface area contributed by atoms with Crippen LogP contribution in [0.4, 0.5) is 4.39 Å². The first-order valence-electron chi connectivity index (χ1n) is 9.39. The minimum atomic E-state index is -0.491. The molecule has 30 heavy (non-hydrogen) atoms. The summed E-state index contributed by atoms with van der Waals surface area (Å²) in [5.41, 5.74) is 3.00. The summed E-state index contributed by atoms with van der Waals surface area (Å²) in [6.07, 6.45) is 0.282. The summed E-state index contributed by atoms with van der Waals surface area (Å²) in [5.74, 6) is -0.624. The Kier molecular flexibility index (Phi) is 5.21. The van der Waals surface area contributed by atoms with Gasteiger partial charge in [-0.15, -0.1) is 11.3 Å². The Morgan fingerprint density at radius 2 is 1.93 bits per heavy atom. The zero-order valence-corrected chi connectivity index (χ0v) is 17.5. The van der Waals surface area contributed by atoms with Crippen molar-refractivity contribution < 1.29 is 9.18 Å². The maximum atomic E-state index is 13.4. The molecule has 3 heterocycles. The number of carbonyl (C=O) groups excluding carboxylic acids is 1. The number of rotatable bonds is 5. The number of H-pyrrole nitrogens is 1. The van der Waals surface area contributed by atoms with Crippen molar-refractivity contribution in [2.45, 2.75) is 33.2 Å². The zero-order chi connectivity index (χ0) is 21.4. The number of hydrogen-bond donors (Lipinski definition) is 2. The number of benzene rings is 1. The lowest BCUT2D eigenvalue weighted by atomic mass is 10.0. The van der Waals surface area contributed by atoms with E-state index in [1.807, 2.05) is 13.8 Å². The summed E-state index contributed by atoms with van der Waals surface area (Å²) >= 11 is 1.32. The monoisotopic (exact) mass is 425 g/mol. The molecule has 1 atom stereocenters. The van der Waals surface area contributed by atoms with Gasteiger partial charge in [0.15, 0.2) is 5.65 Å². The van der Waals surface area contributed by atoms with Crippen molar-refractivity contribution >= 4 is 22.9 Å². The molecule has 1 aromatic carbocycles. The molecule has 0 spiro atoms. The normalized spacial score (nSPS) is 12.3. The number of aryl methyl sites for hydroxylation is 3. The van der Waals surface area contributed by atoms with E-state index in [0.717, 1.165) is 16.3 Å². The number of fused-ring (bicyclic) bond motifs is 1. The lowest BCUT2D eigenvalue weighted by molar-refractivity contribution is 0.0939. The van der Waals surface area contributed by atoms with Crippen LogP contribution >= 0.6 is 11.3 Å². The maximum Gasteiger partial charge on any atom is 0.272 e. The molecule has 4 rings (SSSR count). The predicted molar refractivity (Wildman–Crippen MR) is 112 cm³/mol. The third-order valence-electron chi connectivity index (χ3n) is 4.73. The average molecular weight is 425 g/mol. The topological polar surface area (TPSA) is 92.2 Å². The van der Waals surface area contributed by atoms with Gasteiger partial charge in [-0.25, -0.2) is 18.9 Å². The van der Waals surface area contributed by atoms with Gasteiger partial charge in [0.2, 0.25) is 0 Å². The molecule has 0 aliphatic heterocycles. The van der Waals surface area contributed by atoms with Gasteiger partial charge in [0.25, 0.3) is 11.5 Å². The maximum absolute atomic E-state index is 13.4. The first-order chi connectivity index (χ1) is 14.3. The van der Waals surface area contributed by atoms with Gasteiger partial charge >= 0.3 is 0 Å². The first-order valence-corrected chi connectivity index (χ1v) is 10.2. The fourth-order valence-electron chi connectivity index (χ4n) is 3.39. The molecule has 0 unspecified atom stereocenters. The SMILES string of the molecule is Cc1cc2nc(C[C@H](NC(=O)c3sc(C)nc3C)c3ccc(F)cc3)cc(=O)n2[nH]1. The van der Waals surface area contributed by atoms with Gasteiger partial charge in [-0.2, -0.15) is 0 Å². The number of hydrogen-bond acceptors (Lipinski definition) is 5. The molecule has 0 aliphatic carbocycles. The van der Waals surface area contributed by atoms with E-state index in [2.05, 4.69) is 20.4 Å². The van der Waals surface area contributed by atoms with E-state index >= 15 is 0 Å². The Hall–Kier alpha value is -3.33. The fraction of sp³-hybridized carbons (Fsp3) is 0.238. The van der Waals surface area contributed by atoms with E-state index in [0.29, 0.717) is 21.9 Å². The quantitative estimate of drug-likeness (QED) is 0.513. The van der Waals surface area contributed by atoms with E-state index in [1.165, 1.54) is 34.1 Å². The summed E-state index contributed by atoms with van der Waals surface area (Å²) < 4.78 is 14.8. The second-order valence-electron chi connectivity index (χ2n) is 7.15. The van der Waals surface area contributed by atoms with Gasteiger partial charge < -0.3 is 5.32 Å². The van der Waals surface area contributed by atoms with Crippen LogP contribution in [0, 0.1) is 26.6 Å². The zero-order valence-electron chi connectivity index (χ0n) is 16.7. The van der Waals surface area contributed by atoms with Crippen LogP contribution in [0.25, 0.3) is 5.65 Å². The minimum absolute atomic E-state index is 0.235. The van der Waals surface area contributed by atoms with Gasteiger partial charge in [-0.1, -0.05) is 12.1 Å². The van der Waals surface area contributed by atoms with Crippen molar-refractivity contribution in [3.63, 3.8) is 0 Å². The molecule has 9 heteroatoms. The highest BCUT2D eigenvalue weighted by Gasteiger charge is 2.21. The van der Waals surface area contributed by atoms with Crippen molar-refractivity contribution in [1.29, 1.82) is 0 Å². The van der Waals surface area contributed by atoms with Gasteiger partial charge in [0, 0.05) is 24.2 Å². The average Bonchev–Trinajstić information content (AvgIpc) is 3.23. The number of amides is 1. The van der Waals surface area contributed by atoms with Crippen molar-refractivity contribution in [3.05, 3.63) is 85.1 Å². The lowest BCUT2D eigenvalue weighted by Crippen LogP contribution is -2.30. The highest BCUT2D eigenvalue weighted by Crippen LogP contribution is 2.22. The number of nitrogens with one attached hydrogen (secondary N) is 2. The molecule has 3 aromatic heterocycles. The Morgan fingerprint density at radius 3 is 2.60 bits per heavy atom. The summed E-state index contributed by atoms with van der Waals surface area (Å²) in [5, 5.41) is 6.73. The van der Waals surface area contributed by atoms with Crippen LogP contribution in [0.1, 0.15) is 43.4 Å². The minimum Gasteiger partial charge on any atom is -0.344 e. The third kappa shape index (κ3) is 4.02. The van der Waals surface area contributed by atoms with Crippen molar-refractivity contribution in [2.24, 2.45) is 0 Å². The van der Waals surface area contributed by atoms with Crippen LogP contribution in [0.3, 0.4) is 0 Å². The lowest BCUT2D eigenvalue weighted by Gasteiger charge is -2.19. The Labute approximate surface area is 175 Å². The van der Waals surface area contributed by atoms with Gasteiger partial charge in [0.1, 0.15) is 10.7 Å². The van der Waals surface area contributed by atoms with E-state index < -0.39 is 6.04 Å². The van der Waals surface area contributed by atoms with Crippen LogP contribution in [0.2, 0.25) is 0 Å². The van der Waals surface area contributed by atoms with Crippen LogP contribution < -0.4 is 10.9 Å². The van der Waals surface area contributed by atoms with Crippen LogP contribution in [-0.4, -0.2) is 25.5 Å². The van der Waals surface area contributed by atoms with E-state index in [-0.39, 0.29) is 23.7 Å². The largest absolute Gasteiger partial charge is 0.344 e. The second kappa shape index (κ2) is 7.83. The smallest absolute Gasteiger partial charge is 0.272 e. The molecular formula is C21H20FN5O2S. The summed E-state index contributed by atoms with van der Waals surface area (Å²) in [6.45, 7) is 5.47. The first kappa shape index (κ1) is 20.0.